The fourth-order valence-corrected chi connectivity index (χ4v) is 3.32. The van der Waals surface area contributed by atoms with Crippen LogP contribution in [0.25, 0.3) is 0 Å². The molecule has 0 saturated carbocycles. The number of pyridine rings is 1. The first-order chi connectivity index (χ1) is 12.0. The van der Waals surface area contributed by atoms with Crippen molar-refractivity contribution in [3.63, 3.8) is 0 Å². The largest absolute Gasteiger partial charge is 0.326 e. The summed E-state index contributed by atoms with van der Waals surface area (Å²) in [5, 5.41) is 13.4. The molecule has 1 aromatic carbocycles. The van der Waals surface area contributed by atoms with Gasteiger partial charge < -0.3 is 5.32 Å². The lowest BCUT2D eigenvalue weighted by molar-refractivity contribution is -0.115. The van der Waals surface area contributed by atoms with Crippen LogP contribution in [0.3, 0.4) is 0 Å². The van der Waals surface area contributed by atoms with Gasteiger partial charge in [-0.25, -0.2) is 4.98 Å². The highest BCUT2D eigenvalue weighted by Gasteiger charge is 2.09. The molecule has 6 heteroatoms. The predicted molar refractivity (Wildman–Crippen MR) is 103 cm³/mol. The Morgan fingerprint density at radius 3 is 2.84 bits per heavy atom. The number of rotatable bonds is 7. The maximum absolute atomic E-state index is 12.1. The molecule has 0 aliphatic carbocycles. The van der Waals surface area contributed by atoms with E-state index in [9.17, 15) is 10.1 Å². The lowest BCUT2D eigenvalue weighted by Crippen LogP contribution is -2.12. The summed E-state index contributed by atoms with van der Waals surface area (Å²) in [5.74, 6) is 0.471. The van der Waals surface area contributed by atoms with Crippen LogP contribution in [0, 0.1) is 18.3 Å². The summed E-state index contributed by atoms with van der Waals surface area (Å²) in [5.41, 5.74) is 3.18. The lowest BCUT2D eigenvalue weighted by atomic mass is 10.2. The van der Waals surface area contributed by atoms with Crippen LogP contribution >= 0.6 is 23.4 Å². The average molecular weight is 374 g/mol. The zero-order valence-corrected chi connectivity index (χ0v) is 15.9. The van der Waals surface area contributed by atoms with Gasteiger partial charge in [-0.1, -0.05) is 31.0 Å². The molecular weight excluding hydrogens is 354 g/mol. The zero-order chi connectivity index (χ0) is 18.2. The van der Waals surface area contributed by atoms with Crippen LogP contribution in [0.1, 0.15) is 36.6 Å². The van der Waals surface area contributed by atoms with Crippen LogP contribution < -0.4 is 5.32 Å². The second-order valence-corrected chi connectivity index (χ2v) is 7.12. The van der Waals surface area contributed by atoms with Crippen molar-refractivity contribution in [3.05, 3.63) is 52.2 Å². The Morgan fingerprint density at radius 1 is 1.36 bits per heavy atom. The lowest BCUT2D eigenvalue weighted by Gasteiger charge is -2.08. The molecule has 25 heavy (non-hydrogen) atoms. The molecule has 1 heterocycles. The number of carbonyl (C=O) groups is 1. The van der Waals surface area contributed by atoms with E-state index < -0.39 is 0 Å². The summed E-state index contributed by atoms with van der Waals surface area (Å²) in [4.78, 5) is 16.6. The van der Waals surface area contributed by atoms with Crippen molar-refractivity contribution in [2.24, 2.45) is 0 Å². The number of nitrogens with one attached hydrogen (secondary N) is 1. The van der Waals surface area contributed by atoms with Crippen molar-refractivity contribution in [2.45, 2.75) is 38.1 Å². The van der Waals surface area contributed by atoms with Crippen molar-refractivity contribution in [1.82, 2.24) is 4.98 Å². The van der Waals surface area contributed by atoms with Gasteiger partial charge in [-0.3, -0.25) is 4.79 Å². The quantitative estimate of drug-likeness (QED) is 0.694. The molecule has 1 aromatic heterocycles. The Hall–Kier alpha value is -2.03. The van der Waals surface area contributed by atoms with Crippen LogP contribution in [-0.4, -0.2) is 16.6 Å². The predicted octanol–water partition coefficient (Wildman–Crippen LogP) is 4.99. The second-order valence-electron chi connectivity index (χ2n) is 5.63. The SMILES string of the molecule is CCCc1ccc(C#N)c(SCCC(=O)Nc2ccc(C)c(Cl)c2)n1. The molecule has 0 fully saturated rings. The number of hydrogen-bond donors (Lipinski definition) is 1. The Balaban J connectivity index is 1.91. The van der Waals surface area contributed by atoms with Gasteiger partial charge in [0.15, 0.2) is 0 Å². The van der Waals surface area contributed by atoms with E-state index in [-0.39, 0.29) is 5.91 Å². The van der Waals surface area contributed by atoms with Gasteiger partial charge in [-0.05, 0) is 43.2 Å². The molecule has 0 bridgehead atoms. The van der Waals surface area contributed by atoms with Crippen molar-refractivity contribution in [3.8, 4) is 6.07 Å². The van der Waals surface area contributed by atoms with Crippen LogP contribution in [0.15, 0.2) is 35.4 Å². The number of benzene rings is 1. The number of anilines is 1. The molecule has 0 spiro atoms. The minimum Gasteiger partial charge on any atom is -0.326 e. The van der Waals surface area contributed by atoms with Crippen molar-refractivity contribution < 1.29 is 4.79 Å². The fraction of sp³-hybridized carbons (Fsp3) is 0.316. The number of aryl methyl sites for hydroxylation is 2. The summed E-state index contributed by atoms with van der Waals surface area (Å²) in [6.45, 7) is 4.01. The smallest absolute Gasteiger partial charge is 0.225 e. The number of nitriles is 1. The summed E-state index contributed by atoms with van der Waals surface area (Å²) in [7, 11) is 0. The van der Waals surface area contributed by atoms with E-state index in [0.717, 1.165) is 24.1 Å². The number of halogens is 1. The zero-order valence-electron chi connectivity index (χ0n) is 14.3. The summed E-state index contributed by atoms with van der Waals surface area (Å²) in [6.07, 6.45) is 2.22. The standard InChI is InChI=1S/C19H20ClN3OS/c1-3-4-15-8-6-14(12-21)19(23-15)25-10-9-18(24)22-16-7-5-13(2)17(20)11-16/h5-8,11H,3-4,9-10H2,1-2H3,(H,22,24). The molecule has 4 nitrogen and oxygen atoms in total. The Kier molecular flexibility index (Phi) is 7.30. The second kappa shape index (κ2) is 9.45. The van der Waals surface area contributed by atoms with Gasteiger partial charge in [-0.2, -0.15) is 5.26 Å². The van der Waals surface area contributed by atoms with Crippen molar-refractivity contribution in [2.75, 3.05) is 11.1 Å². The first-order valence-electron chi connectivity index (χ1n) is 8.12. The minimum absolute atomic E-state index is 0.0874. The molecule has 0 aliphatic rings. The van der Waals surface area contributed by atoms with E-state index in [1.54, 1.807) is 12.1 Å². The molecule has 1 amide bonds. The number of thioether (sulfide) groups is 1. The first kappa shape index (κ1) is 19.3. The molecular formula is C19H20ClN3OS. The first-order valence-corrected chi connectivity index (χ1v) is 9.48. The maximum atomic E-state index is 12.1. The number of nitrogens with zero attached hydrogens (tertiary/aromatic N) is 2. The average Bonchev–Trinajstić information content (AvgIpc) is 2.59. The van der Waals surface area contributed by atoms with Crippen LogP contribution in [0.2, 0.25) is 5.02 Å². The van der Waals surface area contributed by atoms with Crippen LogP contribution in [0.5, 0.6) is 0 Å². The molecule has 0 saturated heterocycles. The third kappa shape index (κ3) is 5.77. The molecule has 0 atom stereocenters. The Morgan fingerprint density at radius 2 is 2.16 bits per heavy atom. The topological polar surface area (TPSA) is 65.8 Å². The van der Waals surface area contributed by atoms with Gasteiger partial charge in [-0.15, -0.1) is 11.8 Å². The monoisotopic (exact) mass is 373 g/mol. The number of hydrogen-bond acceptors (Lipinski definition) is 4. The molecule has 0 unspecified atom stereocenters. The molecule has 130 valence electrons. The Labute approximate surface area is 157 Å². The van der Waals surface area contributed by atoms with E-state index in [4.69, 9.17) is 11.6 Å². The van der Waals surface area contributed by atoms with E-state index in [1.807, 2.05) is 25.1 Å². The van der Waals surface area contributed by atoms with Gasteiger partial charge >= 0.3 is 0 Å². The van der Waals surface area contributed by atoms with E-state index >= 15 is 0 Å². The number of aromatic nitrogens is 1. The van der Waals surface area contributed by atoms with Gasteiger partial charge in [0.05, 0.1) is 5.56 Å². The Bertz CT molecular complexity index is 802. The fourth-order valence-electron chi connectivity index (χ4n) is 2.20. The third-order valence-corrected chi connectivity index (χ3v) is 4.97. The molecule has 0 aliphatic heterocycles. The van der Waals surface area contributed by atoms with Crippen LogP contribution in [-0.2, 0) is 11.2 Å². The van der Waals surface area contributed by atoms with E-state index in [0.29, 0.717) is 33.5 Å². The normalized spacial score (nSPS) is 10.3. The summed E-state index contributed by atoms with van der Waals surface area (Å²) < 4.78 is 0. The van der Waals surface area contributed by atoms with E-state index in [2.05, 4.69) is 23.3 Å². The van der Waals surface area contributed by atoms with Gasteiger partial charge in [0.25, 0.3) is 0 Å². The number of amides is 1. The number of carbonyl (C=O) groups excluding carboxylic acids is 1. The molecule has 1 N–H and O–H groups in total. The van der Waals surface area contributed by atoms with Crippen molar-refractivity contribution in [1.29, 1.82) is 5.26 Å². The van der Waals surface area contributed by atoms with Gasteiger partial charge in [0, 0.05) is 28.6 Å². The highest BCUT2D eigenvalue weighted by atomic mass is 35.5. The van der Waals surface area contributed by atoms with E-state index in [1.165, 1.54) is 11.8 Å². The molecule has 0 radical (unpaired) electrons. The summed E-state index contributed by atoms with van der Waals surface area (Å²) >= 11 is 7.50. The highest BCUT2D eigenvalue weighted by Crippen LogP contribution is 2.23. The molecule has 2 rings (SSSR count). The highest BCUT2D eigenvalue weighted by molar-refractivity contribution is 7.99. The minimum atomic E-state index is -0.0874. The van der Waals surface area contributed by atoms with Crippen molar-refractivity contribution >= 4 is 35.0 Å². The van der Waals surface area contributed by atoms with Gasteiger partial charge in [0.1, 0.15) is 11.1 Å². The maximum Gasteiger partial charge on any atom is 0.225 e. The summed E-state index contributed by atoms with van der Waals surface area (Å²) in [6, 6.07) is 11.3. The van der Waals surface area contributed by atoms with Gasteiger partial charge in [0.2, 0.25) is 5.91 Å². The molecule has 2 aromatic rings. The third-order valence-electron chi connectivity index (χ3n) is 3.57. The van der Waals surface area contributed by atoms with Crippen LogP contribution in [0.4, 0.5) is 5.69 Å².